The van der Waals surface area contributed by atoms with Crippen LogP contribution in [0.25, 0.3) is 16.7 Å². The summed E-state index contributed by atoms with van der Waals surface area (Å²) in [5.41, 5.74) is 6.75. The third kappa shape index (κ3) is 3.90. The lowest BCUT2D eigenvalue weighted by Crippen LogP contribution is -2.08. The molecule has 0 radical (unpaired) electrons. The number of rotatable bonds is 6. The van der Waals surface area contributed by atoms with Crippen molar-refractivity contribution in [2.45, 2.75) is 10.9 Å². The van der Waals surface area contributed by atoms with Crippen LogP contribution in [-0.2, 0) is 12.8 Å². The summed E-state index contributed by atoms with van der Waals surface area (Å²) in [6, 6.07) is 5.29. The molecule has 34 heavy (non-hydrogen) atoms. The van der Waals surface area contributed by atoms with E-state index in [0.29, 0.717) is 21.8 Å². The summed E-state index contributed by atoms with van der Waals surface area (Å²) in [6.45, 7) is 0. The Labute approximate surface area is 201 Å². The number of azo groups is 1. The molecule has 0 fully saturated rings. The molecule has 4 N–H and O–H groups in total. The predicted molar refractivity (Wildman–Crippen MR) is 121 cm³/mol. The van der Waals surface area contributed by atoms with Crippen LogP contribution in [0, 0.1) is 0 Å². The monoisotopic (exact) mass is 544 g/mol. The number of aromatic nitrogens is 9. The number of aromatic amines is 1. The summed E-state index contributed by atoms with van der Waals surface area (Å²) in [5.74, 6) is -0.805. The number of nitrogen functional groups attached to an aromatic ring is 1. The van der Waals surface area contributed by atoms with Gasteiger partial charge in [0.2, 0.25) is 17.5 Å². The number of fused-ring (bicyclic) bond motifs is 1. The van der Waals surface area contributed by atoms with E-state index in [2.05, 4.69) is 66.6 Å². The number of nitrogens with one attached hydrogen (secondary N) is 1. The molecule has 172 valence electrons. The third-order valence-corrected chi connectivity index (χ3v) is 6.16. The lowest BCUT2D eigenvalue weighted by molar-refractivity contribution is 0.0989. The molecule has 17 heteroatoms. The van der Waals surface area contributed by atoms with Crippen molar-refractivity contribution in [1.29, 1.82) is 0 Å². The van der Waals surface area contributed by atoms with E-state index in [4.69, 9.17) is 5.73 Å². The number of carbonyl (C=O) groups is 1. The zero-order valence-corrected chi connectivity index (χ0v) is 19.5. The molecule has 0 aliphatic rings. The average Bonchev–Trinajstić information content (AvgIpc) is 3.57. The van der Waals surface area contributed by atoms with Gasteiger partial charge in [-0.2, -0.15) is 4.68 Å². The molecule has 4 heterocycles. The van der Waals surface area contributed by atoms with Crippen LogP contribution in [0.5, 0.6) is 5.88 Å². The summed E-state index contributed by atoms with van der Waals surface area (Å²) < 4.78 is 8.36. The SMILES string of the molecule is Cn1cnnc1SCc1c(C(=O)N=Nc2c(O)[nH]c3ccc(Br)cc23)nnn1-c1nonc1N. The molecular formula is C17H13BrN12O3S. The molecule has 5 aromatic rings. The Bertz CT molecular complexity index is 1550. The van der Waals surface area contributed by atoms with Gasteiger partial charge >= 0.3 is 5.91 Å². The van der Waals surface area contributed by atoms with Crippen molar-refractivity contribution in [3.63, 3.8) is 0 Å². The molecule has 0 atom stereocenters. The van der Waals surface area contributed by atoms with Gasteiger partial charge in [-0.05, 0) is 28.5 Å². The fourth-order valence-corrected chi connectivity index (χ4v) is 4.26. The Balaban J connectivity index is 1.50. The lowest BCUT2D eigenvalue weighted by atomic mass is 10.2. The number of hydrogen-bond acceptors (Lipinski definition) is 12. The largest absolute Gasteiger partial charge is 0.493 e. The van der Waals surface area contributed by atoms with Gasteiger partial charge in [-0.1, -0.05) is 32.9 Å². The van der Waals surface area contributed by atoms with Crippen LogP contribution in [0.15, 0.2) is 49.0 Å². The van der Waals surface area contributed by atoms with Gasteiger partial charge in [0.15, 0.2) is 16.5 Å². The second-order valence-electron chi connectivity index (χ2n) is 6.80. The Hall–Kier alpha value is -4.12. The van der Waals surface area contributed by atoms with Crippen molar-refractivity contribution in [2.24, 2.45) is 17.3 Å². The molecule has 1 aromatic carbocycles. The fraction of sp³-hybridized carbons (Fsp3) is 0.118. The Morgan fingerprint density at radius 2 is 2.21 bits per heavy atom. The van der Waals surface area contributed by atoms with Gasteiger partial charge in [-0.3, -0.25) is 4.79 Å². The van der Waals surface area contributed by atoms with E-state index in [1.165, 1.54) is 16.4 Å². The number of amides is 1. The first-order chi connectivity index (χ1) is 16.4. The molecule has 0 spiro atoms. The molecule has 0 bridgehead atoms. The highest BCUT2D eigenvalue weighted by molar-refractivity contribution is 9.10. The smallest absolute Gasteiger partial charge is 0.317 e. The topological polar surface area (TPSA) is 204 Å². The second kappa shape index (κ2) is 8.67. The number of anilines is 1. The van der Waals surface area contributed by atoms with E-state index < -0.39 is 5.91 Å². The average molecular weight is 545 g/mol. The lowest BCUT2D eigenvalue weighted by Gasteiger charge is -2.04. The zero-order chi connectivity index (χ0) is 23.8. The number of H-pyrrole nitrogens is 1. The van der Waals surface area contributed by atoms with E-state index in [-0.39, 0.29) is 34.6 Å². The first-order valence-corrected chi connectivity index (χ1v) is 11.2. The number of nitrogens with zero attached hydrogens (tertiary/aromatic N) is 10. The summed E-state index contributed by atoms with van der Waals surface area (Å²) in [6.07, 6.45) is 1.55. The van der Waals surface area contributed by atoms with Crippen LogP contribution in [0.1, 0.15) is 16.2 Å². The van der Waals surface area contributed by atoms with Crippen LogP contribution in [0.4, 0.5) is 11.5 Å². The molecule has 0 unspecified atom stereocenters. The number of hydrogen-bond donors (Lipinski definition) is 3. The van der Waals surface area contributed by atoms with Crippen LogP contribution < -0.4 is 5.73 Å². The Morgan fingerprint density at radius 1 is 1.35 bits per heavy atom. The van der Waals surface area contributed by atoms with Crippen molar-refractivity contribution >= 4 is 56.0 Å². The summed E-state index contributed by atoms with van der Waals surface area (Å²) in [4.78, 5) is 15.7. The second-order valence-corrected chi connectivity index (χ2v) is 8.66. The van der Waals surface area contributed by atoms with Crippen molar-refractivity contribution in [2.75, 3.05) is 5.73 Å². The highest BCUT2D eigenvalue weighted by Gasteiger charge is 2.25. The van der Waals surface area contributed by atoms with Crippen LogP contribution in [-0.4, -0.2) is 56.1 Å². The van der Waals surface area contributed by atoms with E-state index in [0.717, 1.165) is 4.47 Å². The van der Waals surface area contributed by atoms with Crippen molar-refractivity contribution in [3.8, 4) is 11.7 Å². The highest BCUT2D eigenvalue weighted by atomic mass is 79.9. The van der Waals surface area contributed by atoms with E-state index in [1.54, 1.807) is 36.1 Å². The number of aromatic hydroxyl groups is 1. The molecule has 0 aliphatic heterocycles. The summed E-state index contributed by atoms with van der Waals surface area (Å²) in [7, 11) is 1.78. The van der Waals surface area contributed by atoms with Crippen molar-refractivity contribution in [1.82, 2.24) is 45.1 Å². The molecular weight excluding hydrogens is 532 g/mol. The molecule has 15 nitrogen and oxygen atoms in total. The van der Waals surface area contributed by atoms with Gasteiger partial charge in [0.1, 0.15) is 6.33 Å². The van der Waals surface area contributed by atoms with Gasteiger partial charge in [-0.15, -0.1) is 25.5 Å². The van der Waals surface area contributed by atoms with Crippen molar-refractivity contribution < 1.29 is 14.5 Å². The van der Waals surface area contributed by atoms with E-state index >= 15 is 0 Å². The molecule has 1 amide bonds. The van der Waals surface area contributed by atoms with Gasteiger partial charge in [-0.25, -0.2) is 4.63 Å². The molecule has 5 rings (SSSR count). The maximum atomic E-state index is 13.0. The van der Waals surface area contributed by atoms with Crippen molar-refractivity contribution in [3.05, 3.63) is 40.4 Å². The first kappa shape index (κ1) is 21.7. The number of nitrogens with two attached hydrogens (primary N) is 1. The minimum atomic E-state index is -0.793. The van der Waals surface area contributed by atoms with Gasteiger partial charge in [0, 0.05) is 22.7 Å². The predicted octanol–water partition coefficient (Wildman–Crippen LogP) is 2.53. The van der Waals surface area contributed by atoms with Crippen LogP contribution in [0.3, 0.4) is 0 Å². The third-order valence-electron chi connectivity index (χ3n) is 4.62. The molecule has 0 saturated carbocycles. The summed E-state index contributed by atoms with van der Waals surface area (Å²) >= 11 is 4.65. The summed E-state index contributed by atoms with van der Waals surface area (Å²) in [5, 5.41) is 42.1. The number of thioether (sulfide) groups is 1. The van der Waals surface area contributed by atoms with Crippen LogP contribution >= 0.6 is 27.7 Å². The standard InChI is InChI=1S/C17H13BrN12O3S/c1-29-6-20-25-17(29)34-5-10-12(23-28-30(10)14-13(19)26-33-27-14)16(32)24-22-11-8-4-7(18)2-3-9(8)21-15(11)31/h2-4,6,21,31H,5H2,1H3,(H2,19,26). The number of aryl methyl sites for hydroxylation is 1. The van der Waals surface area contributed by atoms with E-state index in [1.807, 2.05) is 0 Å². The molecule has 0 saturated heterocycles. The highest BCUT2D eigenvalue weighted by Crippen LogP contribution is 2.37. The molecule has 0 aliphatic carbocycles. The maximum absolute atomic E-state index is 13.0. The normalized spacial score (nSPS) is 11.7. The quantitative estimate of drug-likeness (QED) is 0.209. The maximum Gasteiger partial charge on any atom is 0.317 e. The zero-order valence-electron chi connectivity index (χ0n) is 17.1. The Morgan fingerprint density at radius 3 is 2.94 bits per heavy atom. The van der Waals surface area contributed by atoms with Gasteiger partial charge < -0.3 is 20.4 Å². The van der Waals surface area contributed by atoms with E-state index in [9.17, 15) is 9.90 Å². The number of halogens is 1. The fourth-order valence-electron chi connectivity index (χ4n) is 3.02. The minimum absolute atomic E-state index is 0.0373. The number of carbonyl (C=O) groups excluding carboxylic acids is 1. The number of benzene rings is 1. The van der Waals surface area contributed by atoms with Gasteiger partial charge in [0.25, 0.3) is 0 Å². The Kier molecular flexibility index (Phi) is 5.54. The molecule has 4 aromatic heterocycles. The first-order valence-electron chi connectivity index (χ1n) is 9.38. The van der Waals surface area contributed by atoms with Crippen LogP contribution in [0.2, 0.25) is 0 Å². The minimum Gasteiger partial charge on any atom is -0.493 e. The van der Waals surface area contributed by atoms with Gasteiger partial charge in [0.05, 0.1) is 11.2 Å².